The zero-order chi connectivity index (χ0) is 14.6. The summed E-state index contributed by atoms with van der Waals surface area (Å²) in [6, 6.07) is 2.84. The summed E-state index contributed by atoms with van der Waals surface area (Å²) in [7, 11) is 0. The molecule has 1 aromatic carbocycles. The molecule has 4 nitrogen and oxygen atoms in total. The van der Waals surface area contributed by atoms with Gasteiger partial charge in [-0.25, -0.2) is 4.79 Å². The Kier molecular flexibility index (Phi) is 5.63. The highest BCUT2D eigenvalue weighted by molar-refractivity contribution is 6.38. The molecule has 0 aliphatic carbocycles. The van der Waals surface area contributed by atoms with Crippen LogP contribution in [0.25, 0.3) is 0 Å². The van der Waals surface area contributed by atoms with Gasteiger partial charge in [0.1, 0.15) is 5.56 Å². The van der Waals surface area contributed by atoms with Crippen LogP contribution in [0.3, 0.4) is 0 Å². The standard InChI is InChI=1S/C13H15Cl2NO3/c1-7(2)3-6-10(17)16-12-9(15)5-4-8(14)11(12)13(18)19/h4-5,7H,3,6H2,1-2H3,(H,16,17)(H,18,19). The molecule has 2 N–H and O–H groups in total. The molecule has 1 amide bonds. The molecule has 1 rings (SSSR count). The number of carboxylic acids is 1. The van der Waals surface area contributed by atoms with Crippen molar-refractivity contribution in [3.8, 4) is 0 Å². The number of rotatable bonds is 5. The lowest BCUT2D eigenvalue weighted by Crippen LogP contribution is -2.15. The molecule has 0 aliphatic heterocycles. The van der Waals surface area contributed by atoms with Gasteiger partial charge in [0.25, 0.3) is 0 Å². The van der Waals surface area contributed by atoms with Crippen LogP contribution >= 0.6 is 23.2 Å². The van der Waals surface area contributed by atoms with Crippen LogP contribution in [0.2, 0.25) is 10.0 Å². The van der Waals surface area contributed by atoms with E-state index < -0.39 is 5.97 Å². The minimum Gasteiger partial charge on any atom is -0.478 e. The van der Waals surface area contributed by atoms with Gasteiger partial charge in [-0.15, -0.1) is 0 Å². The fourth-order valence-electron chi connectivity index (χ4n) is 1.50. The number of nitrogens with one attached hydrogen (secondary N) is 1. The third-order valence-electron chi connectivity index (χ3n) is 2.53. The summed E-state index contributed by atoms with van der Waals surface area (Å²) in [5.74, 6) is -1.12. The summed E-state index contributed by atoms with van der Waals surface area (Å²) >= 11 is 11.7. The molecule has 0 radical (unpaired) electrons. The second-order valence-electron chi connectivity index (χ2n) is 4.57. The van der Waals surface area contributed by atoms with E-state index in [0.29, 0.717) is 18.8 Å². The van der Waals surface area contributed by atoms with Crippen molar-refractivity contribution in [3.05, 3.63) is 27.7 Å². The highest BCUT2D eigenvalue weighted by atomic mass is 35.5. The summed E-state index contributed by atoms with van der Waals surface area (Å²) in [4.78, 5) is 22.9. The van der Waals surface area contributed by atoms with E-state index in [-0.39, 0.29) is 27.2 Å². The van der Waals surface area contributed by atoms with Crippen LogP contribution in [0.4, 0.5) is 5.69 Å². The summed E-state index contributed by atoms with van der Waals surface area (Å²) in [6.45, 7) is 4.00. The van der Waals surface area contributed by atoms with Gasteiger partial charge in [0.15, 0.2) is 0 Å². The number of aromatic carboxylic acids is 1. The van der Waals surface area contributed by atoms with Crippen molar-refractivity contribution >= 4 is 40.8 Å². The van der Waals surface area contributed by atoms with Gasteiger partial charge in [0, 0.05) is 6.42 Å². The van der Waals surface area contributed by atoms with E-state index in [1.165, 1.54) is 12.1 Å². The first-order valence-electron chi connectivity index (χ1n) is 5.84. The summed E-state index contributed by atoms with van der Waals surface area (Å²) in [6.07, 6.45) is 1.02. The maximum Gasteiger partial charge on any atom is 0.339 e. The molecule has 19 heavy (non-hydrogen) atoms. The van der Waals surface area contributed by atoms with Crippen molar-refractivity contribution in [1.29, 1.82) is 0 Å². The molecular weight excluding hydrogens is 289 g/mol. The molecule has 1 aromatic rings. The monoisotopic (exact) mass is 303 g/mol. The van der Waals surface area contributed by atoms with E-state index in [4.69, 9.17) is 28.3 Å². The number of amides is 1. The largest absolute Gasteiger partial charge is 0.478 e. The zero-order valence-corrected chi connectivity index (χ0v) is 12.2. The molecule has 0 aromatic heterocycles. The summed E-state index contributed by atoms with van der Waals surface area (Å²) < 4.78 is 0. The van der Waals surface area contributed by atoms with E-state index in [2.05, 4.69) is 5.32 Å². The Morgan fingerprint density at radius 3 is 2.37 bits per heavy atom. The van der Waals surface area contributed by atoms with Crippen molar-refractivity contribution in [1.82, 2.24) is 0 Å². The minimum atomic E-state index is -1.23. The number of carboxylic acid groups (broad SMARTS) is 1. The highest BCUT2D eigenvalue weighted by Gasteiger charge is 2.19. The van der Waals surface area contributed by atoms with Gasteiger partial charge in [0.2, 0.25) is 5.91 Å². The molecule has 0 atom stereocenters. The van der Waals surface area contributed by atoms with E-state index in [1.54, 1.807) is 0 Å². The van der Waals surface area contributed by atoms with Crippen molar-refractivity contribution in [2.24, 2.45) is 5.92 Å². The lowest BCUT2D eigenvalue weighted by Gasteiger charge is -2.12. The maximum absolute atomic E-state index is 11.7. The predicted molar refractivity (Wildman–Crippen MR) is 76.1 cm³/mol. The van der Waals surface area contributed by atoms with Crippen LogP contribution in [0.15, 0.2) is 12.1 Å². The number of carbonyl (C=O) groups excluding carboxylic acids is 1. The lowest BCUT2D eigenvalue weighted by atomic mass is 10.1. The third kappa shape index (κ3) is 4.40. The number of halogens is 2. The molecular formula is C13H15Cl2NO3. The lowest BCUT2D eigenvalue weighted by molar-refractivity contribution is -0.116. The van der Waals surface area contributed by atoms with Gasteiger partial charge < -0.3 is 10.4 Å². The van der Waals surface area contributed by atoms with Crippen LogP contribution in [0.5, 0.6) is 0 Å². The average Bonchev–Trinajstić information content (AvgIpc) is 2.31. The first-order chi connectivity index (χ1) is 8.82. The number of benzene rings is 1. The first-order valence-corrected chi connectivity index (χ1v) is 6.59. The molecule has 0 aliphatic rings. The Bertz CT molecular complexity index is 501. The number of hydrogen-bond donors (Lipinski definition) is 2. The molecule has 0 saturated heterocycles. The SMILES string of the molecule is CC(C)CCC(=O)Nc1c(Cl)ccc(Cl)c1C(=O)O. The van der Waals surface area contributed by atoms with Gasteiger partial charge in [-0.2, -0.15) is 0 Å². The third-order valence-corrected chi connectivity index (χ3v) is 3.16. The second kappa shape index (κ2) is 6.78. The van der Waals surface area contributed by atoms with Crippen LogP contribution in [0.1, 0.15) is 37.0 Å². The quantitative estimate of drug-likeness (QED) is 0.862. The number of carbonyl (C=O) groups is 2. The van der Waals surface area contributed by atoms with E-state index >= 15 is 0 Å². The van der Waals surface area contributed by atoms with E-state index in [9.17, 15) is 9.59 Å². The number of hydrogen-bond acceptors (Lipinski definition) is 2. The Labute approximate surface area is 121 Å². The fourth-order valence-corrected chi connectivity index (χ4v) is 1.95. The average molecular weight is 304 g/mol. The molecule has 0 unspecified atom stereocenters. The van der Waals surface area contributed by atoms with Crippen molar-refractivity contribution < 1.29 is 14.7 Å². The zero-order valence-electron chi connectivity index (χ0n) is 10.7. The van der Waals surface area contributed by atoms with Gasteiger partial charge in [-0.05, 0) is 24.5 Å². The summed E-state index contributed by atoms with van der Waals surface area (Å²) in [5, 5.41) is 11.8. The van der Waals surface area contributed by atoms with Crippen molar-refractivity contribution in [3.63, 3.8) is 0 Å². The maximum atomic E-state index is 11.7. The Morgan fingerprint density at radius 1 is 1.26 bits per heavy atom. The number of anilines is 1. The van der Waals surface area contributed by atoms with Gasteiger partial charge in [0.05, 0.1) is 15.7 Å². The molecule has 0 heterocycles. The van der Waals surface area contributed by atoms with Gasteiger partial charge in [-0.3, -0.25) is 4.79 Å². The van der Waals surface area contributed by atoms with Crippen LogP contribution in [0, 0.1) is 5.92 Å². The Morgan fingerprint density at radius 2 is 1.84 bits per heavy atom. The normalized spacial score (nSPS) is 10.6. The Balaban J connectivity index is 2.97. The van der Waals surface area contributed by atoms with Gasteiger partial charge in [-0.1, -0.05) is 37.0 Å². The van der Waals surface area contributed by atoms with Crippen LogP contribution in [-0.2, 0) is 4.79 Å². The van der Waals surface area contributed by atoms with Crippen LogP contribution < -0.4 is 5.32 Å². The molecule has 0 spiro atoms. The van der Waals surface area contributed by atoms with Gasteiger partial charge >= 0.3 is 5.97 Å². The van der Waals surface area contributed by atoms with Crippen molar-refractivity contribution in [2.75, 3.05) is 5.32 Å². The summed E-state index contributed by atoms with van der Waals surface area (Å²) in [5.41, 5.74) is -0.137. The molecule has 0 bridgehead atoms. The molecule has 0 saturated carbocycles. The molecule has 104 valence electrons. The smallest absolute Gasteiger partial charge is 0.339 e. The van der Waals surface area contributed by atoms with Crippen LogP contribution in [-0.4, -0.2) is 17.0 Å². The topological polar surface area (TPSA) is 66.4 Å². The Hall–Kier alpha value is -1.26. The predicted octanol–water partition coefficient (Wildman–Crippen LogP) is 4.07. The molecule has 0 fully saturated rings. The fraction of sp³-hybridized carbons (Fsp3) is 0.385. The van der Waals surface area contributed by atoms with E-state index in [0.717, 1.165) is 0 Å². The van der Waals surface area contributed by atoms with E-state index in [1.807, 2.05) is 13.8 Å². The van der Waals surface area contributed by atoms with Crippen molar-refractivity contribution in [2.45, 2.75) is 26.7 Å². The first kappa shape index (κ1) is 15.8. The minimum absolute atomic E-state index is 0.0380. The highest BCUT2D eigenvalue weighted by Crippen LogP contribution is 2.32. The second-order valence-corrected chi connectivity index (χ2v) is 5.38. The molecule has 6 heteroatoms.